The molecule has 1 aromatic heterocycles. The van der Waals surface area contributed by atoms with Gasteiger partial charge in [-0.05, 0) is 68.5 Å². The standard InChI is InChI=1S/C29H37N3O4/c1-19(17-31-28(33)36-29(3,4)5)22-10-12-23(13-11-22)25-16-26(20(2)32-27(25)35-7)30-18-21-8-14-24(34-6)15-9-21/h8-16,19,30H,17-18H2,1-7H3,(H,31,33). The number of carbonyl (C=O) groups is 1. The third-order valence-electron chi connectivity index (χ3n) is 5.76. The van der Waals surface area contributed by atoms with Gasteiger partial charge in [-0.15, -0.1) is 0 Å². The Labute approximate surface area is 214 Å². The predicted molar refractivity (Wildman–Crippen MR) is 144 cm³/mol. The normalized spacial score (nSPS) is 12.0. The molecule has 1 heterocycles. The third kappa shape index (κ3) is 7.38. The van der Waals surface area contributed by atoms with Gasteiger partial charge in [-0.2, -0.15) is 0 Å². The van der Waals surface area contributed by atoms with Gasteiger partial charge in [0.15, 0.2) is 0 Å². The first-order valence-corrected chi connectivity index (χ1v) is 12.1. The zero-order valence-electron chi connectivity index (χ0n) is 22.3. The van der Waals surface area contributed by atoms with Crippen LogP contribution < -0.4 is 20.1 Å². The van der Waals surface area contributed by atoms with Crippen molar-refractivity contribution in [2.45, 2.75) is 52.7 Å². The van der Waals surface area contributed by atoms with Crippen molar-refractivity contribution in [1.29, 1.82) is 0 Å². The highest BCUT2D eigenvalue weighted by molar-refractivity contribution is 5.74. The number of aryl methyl sites for hydroxylation is 1. The number of benzene rings is 2. The van der Waals surface area contributed by atoms with Gasteiger partial charge in [0, 0.05) is 18.7 Å². The Hall–Kier alpha value is -3.74. The molecule has 1 amide bonds. The molecule has 192 valence electrons. The maximum atomic E-state index is 12.0. The van der Waals surface area contributed by atoms with E-state index in [-0.39, 0.29) is 5.92 Å². The van der Waals surface area contributed by atoms with Crippen LogP contribution in [0.5, 0.6) is 11.6 Å². The molecule has 0 bridgehead atoms. The van der Waals surface area contributed by atoms with Crippen molar-refractivity contribution in [3.8, 4) is 22.8 Å². The monoisotopic (exact) mass is 491 g/mol. The fourth-order valence-corrected chi connectivity index (χ4v) is 3.72. The fourth-order valence-electron chi connectivity index (χ4n) is 3.72. The van der Waals surface area contributed by atoms with E-state index in [9.17, 15) is 4.79 Å². The number of nitrogens with zero attached hydrogens (tertiary/aromatic N) is 1. The summed E-state index contributed by atoms with van der Waals surface area (Å²) in [6, 6.07) is 18.3. The summed E-state index contributed by atoms with van der Waals surface area (Å²) in [5, 5.41) is 6.33. The van der Waals surface area contributed by atoms with Crippen LogP contribution in [-0.4, -0.2) is 37.4 Å². The summed E-state index contributed by atoms with van der Waals surface area (Å²) in [6.45, 7) is 10.7. The summed E-state index contributed by atoms with van der Waals surface area (Å²) in [7, 11) is 3.30. The number of anilines is 1. The van der Waals surface area contributed by atoms with Crippen LogP contribution in [0.2, 0.25) is 0 Å². The number of pyridine rings is 1. The van der Waals surface area contributed by atoms with Crippen LogP contribution in [0, 0.1) is 6.92 Å². The molecule has 0 radical (unpaired) electrons. The summed E-state index contributed by atoms with van der Waals surface area (Å²) in [6.07, 6.45) is -0.406. The molecule has 1 atom stereocenters. The minimum Gasteiger partial charge on any atom is -0.497 e. The van der Waals surface area contributed by atoms with Crippen LogP contribution in [0.1, 0.15) is 50.4 Å². The van der Waals surface area contributed by atoms with Gasteiger partial charge >= 0.3 is 6.09 Å². The van der Waals surface area contributed by atoms with Crippen molar-refractivity contribution in [2.75, 3.05) is 26.1 Å². The van der Waals surface area contributed by atoms with E-state index in [0.717, 1.165) is 39.4 Å². The minimum absolute atomic E-state index is 0.131. The molecule has 0 fully saturated rings. The van der Waals surface area contributed by atoms with Gasteiger partial charge < -0.3 is 24.8 Å². The molecule has 0 aliphatic rings. The Morgan fingerprint density at radius 3 is 2.25 bits per heavy atom. The molecule has 0 spiro atoms. The molecule has 3 aromatic rings. The lowest BCUT2D eigenvalue weighted by Gasteiger charge is -2.21. The molecule has 0 saturated carbocycles. The molecule has 2 N–H and O–H groups in total. The number of alkyl carbamates (subject to hydrolysis) is 1. The number of aromatic nitrogens is 1. The fraction of sp³-hybridized carbons (Fsp3) is 0.379. The van der Waals surface area contributed by atoms with Crippen molar-refractivity contribution < 1.29 is 19.0 Å². The second kappa shape index (κ2) is 11.8. The average Bonchev–Trinajstić information content (AvgIpc) is 2.85. The van der Waals surface area contributed by atoms with Crippen LogP contribution in [-0.2, 0) is 11.3 Å². The van der Waals surface area contributed by atoms with Crippen LogP contribution in [0.3, 0.4) is 0 Å². The smallest absolute Gasteiger partial charge is 0.407 e. The lowest BCUT2D eigenvalue weighted by atomic mass is 9.97. The largest absolute Gasteiger partial charge is 0.497 e. The first-order valence-electron chi connectivity index (χ1n) is 12.1. The van der Waals surface area contributed by atoms with E-state index < -0.39 is 11.7 Å². The van der Waals surface area contributed by atoms with Crippen molar-refractivity contribution in [2.24, 2.45) is 0 Å². The molecule has 0 aliphatic carbocycles. The number of amides is 1. The second-order valence-electron chi connectivity index (χ2n) is 9.79. The summed E-state index contributed by atoms with van der Waals surface area (Å²) >= 11 is 0. The Morgan fingerprint density at radius 1 is 1.00 bits per heavy atom. The lowest BCUT2D eigenvalue weighted by Crippen LogP contribution is -2.34. The molecule has 0 aliphatic heterocycles. The highest BCUT2D eigenvalue weighted by Crippen LogP contribution is 2.33. The first kappa shape index (κ1) is 26.9. The van der Waals surface area contributed by atoms with E-state index in [2.05, 4.69) is 52.9 Å². The molecule has 0 saturated heterocycles. The van der Waals surface area contributed by atoms with E-state index in [1.165, 1.54) is 0 Å². The molecule has 2 aromatic carbocycles. The lowest BCUT2D eigenvalue weighted by molar-refractivity contribution is 0.0525. The topological polar surface area (TPSA) is 81.7 Å². The summed E-state index contributed by atoms with van der Waals surface area (Å²) in [4.78, 5) is 16.6. The predicted octanol–water partition coefficient (Wildman–Crippen LogP) is 6.31. The summed E-state index contributed by atoms with van der Waals surface area (Å²) in [5.74, 6) is 1.54. The number of carbonyl (C=O) groups excluding carboxylic acids is 1. The van der Waals surface area contributed by atoms with Gasteiger partial charge in [0.05, 0.1) is 25.6 Å². The number of nitrogens with one attached hydrogen (secondary N) is 2. The number of hydrogen-bond acceptors (Lipinski definition) is 6. The van der Waals surface area contributed by atoms with Crippen molar-refractivity contribution in [3.05, 3.63) is 71.4 Å². The SMILES string of the molecule is COc1ccc(CNc2cc(-c3ccc(C(C)CNC(=O)OC(C)(C)C)cc3)c(OC)nc2C)cc1. The molecule has 36 heavy (non-hydrogen) atoms. The number of hydrogen-bond donors (Lipinski definition) is 2. The van der Waals surface area contributed by atoms with Crippen LogP contribution in [0.15, 0.2) is 54.6 Å². The Morgan fingerprint density at radius 2 is 1.67 bits per heavy atom. The van der Waals surface area contributed by atoms with E-state index >= 15 is 0 Å². The number of rotatable bonds is 9. The van der Waals surface area contributed by atoms with E-state index in [0.29, 0.717) is 19.0 Å². The van der Waals surface area contributed by atoms with Crippen LogP contribution in [0.25, 0.3) is 11.1 Å². The summed E-state index contributed by atoms with van der Waals surface area (Å²) in [5.41, 5.74) is 5.47. The molecule has 7 heteroatoms. The zero-order chi connectivity index (χ0) is 26.3. The van der Waals surface area contributed by atoms with Gasteiger partial charge in [-0.1, -0.05) is 43.3 Å². The van der Waals surface area contributed by atoms with E-state index in [4.69, 9.17) is 14.2 Å². The van der Waals surface area contributed by atoms with Gasteiger partial charge in [0.25, 0.3) is 0 Å². The van der Waals surface area contributed by atoms with Gasteiger partial charge in [-0.3, -0.25) is 0 Å². The Balaban J connectivity index is 1.72. The Kier molecular flexibility index (Phi) is 8.80. The van der Waals surface area contributed by atoms with Crippen LogP contribution in [0.4, 0.5) is 10.5 Å². The number of methoxy groups -OCH3 is 2. The molecular weight excluding hydrogens is 454 g/mol. The maximum Gasteiger partial charge on any atom is 0.407 e. The minimum atomic E-state index is -0.515. The zero-order valence-corrected chi connectivity index (χ0v) is 22.3. The van der Waals surface area contributed by atoms with Gasteiger partial charge in [-0.25, -0.2) is 9.78 Å². The molecule has 3 rings (SSSR count). The first-order chi connectivity index (χ1) is 17.1. The third-order valence-corrected chi connectivity index (χ3v) is 5.76. The molecule has 1 unspecified atom stereocenters. The van der Waals surface area contributed by atoms with E-state index in [1.807, 2.05) is 52.0 Å². The highest BCUT2D eigenvalue weighted by atomic mass is 16.6. The second-order valence-corrected chi connectivity index (χ2v) is 9.79. The van der Waals surface area contributed by atoms with Crippen molar-refractivity contribution in [3.63, 3.8) is 0 Å². The number of ether oxygens (including phenoxy) is 3. The summed E-state index contributed by atoms with van der Waals surface area (Å²) < 4.78 is 16.2. The molecule has 7 nitrogen and oxygen atoms in total. The van der Waals surface area contributed by atoms with Gasteiger partial charge in [0.1, 0.15) is 11.4 Å². The van der Waals surface area contributed by atoms with Crippen molar-refractivity contribution >= 4 is 11.8 Å². The highest BCUT2D eigenvalue weighted by Gasteiger charge is 2.17. The molecular formula is C29H37N3O4. The van der Waals surface area contributed by atoms with Crippen LogP contribution >= 0.6 is 0 Å². The van der Waals surface area contributed by atoms with E-state index in [1.54, 1.807) is 14.2 Å². The Bertz CT molecular complexity index is 1150. The quantitative estimate of drug-likeness (QED) is 0.365. The van der Waals surface area contributed by atoms with Crippen molar-refractivity contribution in [1.82, 2.24) is 10.3 Å². The average molecular weight is 492 g/mol. The van der Waals surface area contributed by atoms with Gasteiger partial charge in [0.2, 0.25) is 5.88 Å². The maximum absolute atomic E-state index is 12.0.